The third kappa shape index (κ3) is 19.9. The first-order valence-corrected chi connectivity index (χ1v) is 21.0. The van der Waals surface area contributed by atoms with Crippen LogP contribution in [0.2, 0.25) is 0 Å². The Hall–Kier alpha value is -5.20. The lowest BCUT2D eigenvalue weighted by molar-refractivity contribution is -0.139. The number of carbonyl (C=O) groups excluding carboxylic acids is 4. The van der Waals surface area contributed by atoms with E-state index in [4.69, 9.17) is 38.6 Å². The summed E-state index contributed by atoms with van der Waals surface area (Å²) in [5, 5.41) is 17.8. The molecule has 0 spiro atoms. The molecule has 0 bridgehead atoms. The maximum absolute atomic E-state index is 13.4. The lowest BCUT2D eigenvalue weighted by atomic mass is 10.1. The predicted octanol–water partition coefficient (Wildman–Crippen LogP) is 9.38. The smallest absolute Gasteiger partial charge is 0.343 e. The maximum Gasteiger partial charge on any atom is 0.343 e. The fraction of sp³-hybridized carbons (Fsp3) is 0.489. The highest BCUT2D eigenvalue weighted by Gasteiger charge is 2.21. The van der Waals surface area contributed by atoms with Gasteiger partial charge in [-0.1, -0.05) is 57.9 Å². The summed E-state index contributed by atoms with van der Waals surface area (Å²) in [5.74, 6) is -1.31. The molecule has 3 rings (SSSR count). The fourth-order valence-electron chi connectivity index (χ4n) is 5.83. The van der Waals surface area contributed by atoms with Crippen molar-refractivity contribution in [3.05, 3.63) is 95.6 Å². The molecule has 0 heterocycles. The van der Waals surface area contributed by atoms with Crippen LogP contribution in [-0.4, -0.2) is 73.7 Å². The lowest BCUT2D eigenvalue weighted by Crippen LogP contribution is -2.15. The molecule has 59 heavy (non-hydrogen) atoms. The van der Waals surface area contributed by atoms with Crippen LogP contribution in [0.3, 0.4) is 0 Å². The van der Waals surface area contributed by atoms with Crippen molar-refractivity contribution in [2.45, 2.75) is 110 Å². The van der Waals surface area contributed by atoms with Gasteiger partial charge in [-0.15, -0.1) is 0 Å². The summed E-state index contributed by atoms with van der Waals surface area (Å²) < 4.78 is 33.6. The van der Waals surface area contributed by atoms with Gasteiger partial charge < -0.3 is 38.6 Å². The average molecular weight is 819 g/mol. The van der Waals surface area contributed by atoms with Crippen molar-refractivity contribution in [1.82, 2.24) is 0 Å². The van der Waals surface area contributed by atoms with Gasteiger partial charge in [-0.25, -0.2) is 19.2 Å². The second-order valence-electron chi connectivity index (χ2n) is 14.3. The topological polar surface area (TPSA) is 164 Å². The minimum absolute atomic E-state index is 0.0528. The van der Waals surface area contributed by atoms with Crippen LogP contribution in [0.1, 0.15) is 141 Å². The Labute approximate surface area is 348 Å². The SMILES string of the molecule is C=C(C)C(=O)OCCCCCCOC(=O)c1cc(OC(=O)c2ccc(OCCCCCCCCO)cc2)ccc1OC(=O)c1ccc(OCCCCCCCCO)cc1. The summed E-state index contributed by atoms with van der Waals surface area (Å²) in [4.78, 5) is 51.2. The first kappa shape index (κ1) is 48.2. The van der Waals surface area contributed by atoms with Crippen molar-refractivity contribution in [2.24, 2.45) is 0 Å². The van der Waals surface area contributed by atoms with Crippen LogP contribution < -0.4 is 18.9 Å². The number of ether oxygens (including phenoxy) is 6. The van der Waals surface area contributed by atoms with Crippen LogP contribution in [0.5, 0.6) is 23.0 Å². The van der Waals surface area contributed by atoms with E-state index >= 15 is 0 Å². The highest BCUT2D eigenvalue weighted by atomic mass is 16.6. The Balaban J connectivity index is 1.59. The molecule has 0 aliphatic rings. The molecule has 0 aromatic heterocycles. The molecule has 322 valence electrons. The van der Waals surface area contributed by atoms with Crippen molar-refractivity contribution in [3.8, 4) is 23.0 Å². The third-order valence-electron chi connectivity index (χ3n) is 9.26. The van der Waals surface area contributed by atoms with Gasteiger partial charge in [0.25, 0.3) is 0 Å². The van der Waals surface area contributed by atoms with Crippen LogP contribution in [0.25, 0.3) is 0 Å². The third-order valence-corrected chi connectivity index (χ3v) is 9.26. The highest BCUT2D eigenvalue weighted by molar-refractivity contribution is 5.97. The number of carbonyl (C=O) groups is 4. The van der Waals surface area contributed by atoms with E-state index in [1.165, 1.54) is 18.2 Å². The summed E-state index contributed by atoms with van der Waals surface area (Å²) in [7, 11) is 0. The molecule has 0 radical (unpaired) electrons. The van der Waals surface area contributed by atoms with Gasteiger partial charge in [0.15, 0.2) is 0 Å². The van der Waals surface area contributed by atoms with Gasteiger partial charge in [-0.3, -0.25) is 0 Å². The molecule has 3 aromatic carbocycles. The van der Waals surface area contributed by atoms with E-state index in [1.807, 2.05) is 0 Å². The van der Waals surface area contributed by atoms with Gasteiger partial charge in [0.05, 0.1) is 37.6 Å². The van der Waals surface area contributed by atoms with E-state index in [1.54, 1.807) is 55.5 Å². The number of rotatable bonds is 31. The summed E-state index contributed by atoms with van der Waals surface area (Å²) in [5.41, 5.74) is 0.767. The van der Waals surface area contributed by atoms with E-state index in [9.17, 15) is 19.2 Å². The molecule has 0 saturated heterocycles. The molecule has 0 fully saturated rings. The van der Waals surface area contributed by atoms with Crippen LogP contribution in [-0.2, 0) is 14.3 Å². The summed E-state index contributed by atoms with van der Waals surface area (Å²) in [6, 6.07) is 17.2. The molecule has 3 aromatic rings. The molecule has 0 aliphatic carbocycles. The quantitative estimate of drug-likeness (QED) is 0.0274. The largest absolute Gasteiger partial charge is 0.494 e. The second kappa shape index (κ2) is 29.1. The number of benzene rings is 3. The first-order valence-electron chi connectivity index (χ1n) is 21.0. The second-order valence-corrected chi connectivity index (χ2v) is 14.3. The number of aliphatic hydroxyl groups excluding tert-OH is 2. The molecule has 0 aliphatic heterocycles. The summed E-state index contributed by atoms with van der Waals surface area (Å²) >= 11 is 0. The normalized spacial score (nSPS) is 10.8. The molecule has 2 N–H and O–H groups in total. The minimum atomic E-state index is -0.759. The number of hydrogen-bond donors (Lipinski definition) is 2. The van der Waals surface area contributed by atoms with Gasteiger partial charge >= 0.3 is 23.9 Å². The van der Waals surface area contributed by atoms with Crippen molar-refractivity contribution in [1.29, 1.82) is 0 Å². The van der Waals surface area contributed by atoms with Crippen molar-refractivity contribution in [2.75, 3.05) is 39.6 Å². The van der Waals surface area contributed by atoms with Gasteiger partial charge in [-0.05, 0) is 125 Å². The first-order chi connectivity index (χ1) is 28.7. The maximum atomic E-state index is 13.4. The Morgan fingerprint density at radius 1 is 0.475 bits per heavy atom. The number of unbranched alkanes of at least 4 members (excludes halogenated alkanes) is 13. The van der Waals surface area contributed by atoms with E-state index in [-0.39, 0.29) is 54.6 Å². The van der Waals surface area contributed by atoms with Crippen molar-refractivity contribution in [3.63, 3.8) is 0 Å². The lowest BCUT2D eigenvalue weighted by Gasteiger charge is -2.13. The summed E-state index contributed by atoms with van der Waals surface area (Å²) in [6.07, 6.45) is 14.6. The van der Waals surface area contributed by atoms with Gasteiger partial charge in [0, 0.05) is 18.8 Å². The van der Waals surface area contributed by atoms with E-state index in [2.05, 4.69) is 6.58 Å². The van der Waals surface area contributed by atoms with E-state index in [0.29, 0.717) is 43.1 Å². The minimum Gasteiger partial charge on any atom is -0.494 e. The van der Waals surface area contributed by atoms with Gasteiger partial charge in [-0.2, -0.15) is 0 Å². The molecule has 0 amide bonds. The van der Waals surface area contributed by atoms with Gasteiger partial charge in [0.2, 0.25) is 0 Å². The zero-order chi connectivity index (χ0) is 42.5. The Morgan fingerprint density at radius 2 is 0.881 bits per heavy atom. The van der Waals surface area contributed by atoms with Crippen LogP contribution in [0.15, 0.2) is 78.9 Å². The Bertz CT molecular complexity index is 1700. The molecule has 0 atom stereocenters. The molecule has 0 unspecified atom stereocenters. The number of aliphatic hydroxyl groups is 2. The van der Waals surface area contributed by atoms with Crippen molar-refractivity contribution >= 4 is 23.9 Å². The van der Waals surface area contributed by atoms with Crippen LogP contribution in [0.4, 0.5) is 0 Å². The molecular weight excluding hydrogens is 757 g/mol. The number of hydrogen-bond acceptors (Lipinski definition) is 12. The zero-order valence-corrected chi connectivity index (χ0v) is 34.6. The Morgan fingerprint density at radius 3 is 1.36 bits per heavy atom. The molecule has 12 nitrogen and oxygen atoms in total. The molecule has 12 heteroatoms. The standard InChI is InChI=1S/C47H62O12/c1-36(2)44(50)56-33-17-11-12-18-34-57-47(53)42-35-41(58-45(51)37-19-23-39(24-20-37)54-31-15-9-5-3-7-13-29-48)27-28-43(42)59-46(52)38-21-25-40(26-22-38)55-32-16-10-6-4-8-14-30-49/h19-28,35,48-49H,1,3-18,29-34H2,2H3. The fourth-order valence-corrected chi connectivity index (χ4v) is 5.83. The van der Waals surface area contributed by atoms with E-state index in [0.717, 1.165) is 89.9 Å². The van der Waals surface area contributed by atoms with Crippen LogP contribution >= 0.6 is 0 Å². The van der Waals surface area contributed by atoms with Crippen LogP contribution in [0, 0.1) is 0 Å². The Kier molecular flexibility index (Phi) is 23.7. The molecular formula is C47H62O12. The van der Waals surface area contributed by atoms with E-state index < -0.39 is 23.9 Å². The highest BCUT2D eigenvalue weighted by Crippen LogP contribution is 2.28. The average Bonchev–Trinajstić information content (AvgIpc) is 3.24. The van der Waals surface area contributed by atoms with Crippen molar-refractivity contribution < 1.29 is 57.8 Å². The zero-order valence-electron chi connectivity index (χ0n) is 34.6. The monoisotopic (exact) mass is 818 g/mol. The molecule has 0 saturated carbocycles. The van der Waals surface area contributed by atoms with Gasteiger partial charge in [0.1, 0.15) is 28.6 Å². The number of esters is 4. The predicted molar refractivity (Wildman–Crippen MR) is 224 cm³/mol. The summed E-state index contributed by atoms with van der Waals surface area (Å²) in [6.45, 7) is 7.08.